The summed E-state index contributed by atoms with van der Waals surface area (Å²) in [6.07, 6.45) is 0. The van der Waals surface area contributed by atoms with Gasteiger partial charge in [0, 0.05) is 25.7 Å². The Hall–Kier alpha value is -0.760. The van der Waals surface area contributed by atoms with E-state index in [0.29, 0.717) is 6.54 Å². The van der Waals surface area contributed by atoms with Crippen LogP contribution in [0.3, 0.4) is 0 Å². The van der Waals surface area contributed by atoms with Crippen molar-refractivity contribution in [2.24, 2.45) is 0 Å². The van der Waals surface area contributed by atoms with Crippen LogP contribution in [0.15, 0.2) is 17.0 Å². The quantitative estimate of drug-likeness (QED) is 0.899. The van der Waals surface area contributed by atoms with Gasteiger partial charge >= 0.3 is 0 Å². The molecule has 4 nitrogen and oxygen atoms in total. The van der Waals surface area contributed by atoms with Crippen LogP contribution in [0, 0.1) is 18.6 Å². The number of rotatable bonds is 2. The minimum Gasteiger partial charge on any atom is -0.312 e. The Balaban J connectivity index is 0.00000200. The van der Waals surface area contributed by atoms with Crippen LogP contribution in [0.2, 0.25) is 0 Å². The number of aryl methyl sites for hydroxylation is 1. The van der Waals surface area contributed by atoms with Crippen molar-refractivity contribution in [3.63, 3.8) is 0 Å². The topological polar surface area (TPSA) is 49.4 Å². The number of sulfonamides is 1. The number of halogens is 3. The Morgan fingerprint density at radius 3 is 2.55 bits per heavy atom. The molecule has 0 amide bonds. The zero-order chi connectivity index (χ0) is 14.2. The van der Waals surface area contributed by atoms with Gasteiger partial charge in [-0.1, -0.05) is 0 Å². The van der Waals surface area contributed by atoms with Gasteiger partial charge in [-0.25, -0.2) is 17.2 Å². The summed E-state index contributed by atoms with van der Waals surface area (Å²) in [7, 11) is -3.99. The van der Waals surface area contributed by atoms with E-state index in [-0.39, 0.29) is 37.1 Å². The average molecular weight is 327 g/mol. The highest BCUT2D eigenvalue weighted by Crippen LogP contribution is 2.23. The molecule has 0 spiro atoms. The third kappa shape index (κ3) is 3.28. The maximum atomic E-state index is 13.8. The second kappa shape index (κ2) is 6.34. The molecule has 1 unspecified atom stereocenters. The van der Waals surface area contributed by atoms with Crippen molar-refractivity contribution >= 4 is 22.4 Å². The molecule has 1 heterocycles. The number of piperazine rings is 1. The highest BCUT2D eigenvalue weighted by atomic mass is 35.5. The van der Waals surface area contributed by atoms with E-state index in [4.69, 9.17) is 0 Å². The van der Waals surface area contributed by atoms with E-state index in [1.807, 2.05) is 6.92 Å². The van der Waals surface area contributed by atoms with Gasteiger partial charge in [0.05, 0.1) is 0 Å². The van der Waals surface area contributed by atoms with E-state index in [0.717, 1.165) is 12.1 Å². The summed E-state index contributed by atoms with van der Waals surface area (Å²) in [6.45, 7) is 4.23. The fourth-order valence-electron chi connectivity index (χ4n) is 2.08. The highest BCUT2D eigenvalue weighted by molar-refractivity contribution is 7.89. The molecule has 2 rings (SSSR count). The molecule has 0 aromatic heterocycles. The predicted octanol–water partition coefficient (Wildman–Crippen LogP) is 1.68. The van der Waals surface area contributed by atoms with Crippen LogP contribution in [0.25, 0.3) is 0 Å². The predicted molar refractivity (Wildman–Crippen MR) is 74.6 cm³/mol. The molecule has 1 saturated heterocycles. The smallest absolute Gasteiger partial charge is 0.246 e. The minimum atomic E-state index is -3.99. The molecule has 1 aromatic rings. The first-order valence-corrected chi connectivity index (χ1v) is 7.45. The molecular formula is C12H17ClF2N2O2S. The molecule has 1 aliphatic heterocycles. The zero-order valence-corrected chi connectivity index (χ0v) is 12.8. The molecule has 114 valence electrons. The fraction of sp³-hybridized carbons (Fsp3) is 0.500. The molecule has 1 fully saturated rings. The van der Waals surface area contributed by atoms with Gasteiger partial charge in [-0.3, -0.25) is 0 Å². The molecule has 0 radical (unpaired) electrons. The average Bonchev–Trinajstić information content (AvgIpc) is 2.33. The van der Waals surface area contributed by atoms with Crippen LogP contribution in [-0.2, 0) is 10.0 Å². The summed E-state index contributed by atoms with van der Waals surface area (Å²) in [5.74, 6) is -1.63. The zero-order valence-electron chi connectivity index (χ0n) is 11.2. The summed E-state index contributed by atoms with van der Waals surface area (Å²) >= 11 is 0. The van der Waals surface area contributed by atoms with Crippen molar-refractivity contribution < 1.29 is 17.2 Å². The van der Waals surface area contributed by atoms with E-state index < -0.39 is 26.6 Å². The van der Waals surface area contributed by atoms with Gasteiger partial charge in [0.15, 0.2) is 0 Å². The summed E-state index contributed by atoms with van der Waals surface area (Å²) in [4.78, 5) is -0.593. The molecule has 1 aliphatic rings. The number of nitrogens with zero attached hydrogens (tertiary/aromatic N) is 1. The highest BCUT2D eigenvalue weighted by Gasteiger charge is 2.31. The summed E-state index contributed by atoms with van der Waals surface area (Å²) in [5.41, 5.74) is 0.0881. The van der Waals surface area contributed by atoms with Gasteiger partial charge in [-0.15, -0.1) is 12.4 Å². The first-order valence-electron chi connectivity index (χ1n) is 6.01. The molecular weight excluding hydrogens is 310 g/mol. The van der Waals surface area contributed by atoms with Gasteiger partial charge in [-0.2, -0.15) is 4.31 Å². The largest absolute Gasteiger partial charge is 0.312 e. The Morgan fingerprint density at radius 1 is 1.30 bits per heavy atom. The van der Waals surface area contributed by atoms with E-state index in [9.17, 15) is 17.2 Å². The molecule has 1 N–H and O–H groups in total. The lowest BCUT2D eigenvalue weighted by Crippen LogP contribution is -2.51. The maximum Gasteiger partial charge on any atom is 0.246 e. The van der Waals surface area contributed by atoms with Gasteiger partial charge in [0.1, 0.15) is 16.5 Å². The lowest BCUT2D eigenvalue weighted by Gasteiger charge is -2.31. The van der Waals surface area contributed by atoms with E-state index in [2.05, 4.69) is 5.32 Å². The third-order valence-corrected chi connectivity index (χ3v) is 5.04. The van der Waals surface area contributed by atoms with Crippen molar-refractivity contribution in [1.82, 2.24) is 9.62 Å². The fourth-order valence-corrected chi connectivity index (χ4v) is 3.67. The lowest BCUT2D eigenvalue weighted by molar-refractivity contribution is 0.309. The number of nitrogens with one attached hydrogen (secondary N) is 1. The molecule has 20 heavy (non-hydrogen) atoms. The third-order valence-electron chi connectivity index (χ3n) is 3.16. The molecule has 0 saturated carbocycles. The number of hydrogen-bond acceptors (Lipinski definition) is 3. The van der Waals surface area contributed by atoms with E-state index in [1.54, 1.807) is 0 Å². The first kappa shape index (κ1) is 17.3. The Morgan fingerprint density at radius 2 is 1.95 bits per heavy atom. The second-order valence-electron chi connectivity index (χ2n) is 4.75. The molecule has 0 aliphatic carbocycles. The van der Waals surface area contributed by atoms with Crippen LogP contribution in [0.4, 0.5) is 8.78 Å². The monoisotopic (exact) mass is 326 g/mol. The normalized spacial score (nSPS) is 20.5. The summed E-state index contributed by atoms with van der Waals surface area (Å²) < 4.78 is 53.1. The van der Waals surface area contributed by atoms with E-state index in [1.165, 1.54) is 11.2 Å². The van der Waals surface area contributed by atoms with Crippen molar-refractivity contribution in [3.05, 3.63) is 29.3 Å². The van der Waals surface area contributed by atoms with Gasteiger partial charge < -0.3 is 5.32 Å². The van der Waals surface area contributed by atoms with Gasteiger partial charge in [0.25, 0.3) is 0 Å². The van der Waals surface area contributed by atoms with Crippen molar-refractivity contribution in [2.75, 3.05) is 19.6 Å². The lowest BCUT2D eigenvalue weighted by atomic mass is 10.2. The van der Waals surface area contributed by atoms with Crippen LogP contribution in [0.1, 0.15) is 12.5 Å². The van der Waals surface area contributed by atoms with Crippen LogP contribution in [0.5, 0.6) is 0 Å². The Labute approximate surface area is 123 Å². The van der Waals surface area contributed by atoms with Crippen LogP contribution >= 0.6 is 12.4 Å². The SMILES string of the molecule is Cc1cc(F)c(S(=O)(=O)N2CCNC(C)C2)cc1F.Cl. The van der Waals surface area contributed by atoms with Gasteiger partial charge in [-0.05, 0) is 31.5 Å². The van der Waals surface area contributed by atoms with Crippen LogP contribution in [-0.4, -0.2) is 38.4 Å². The van der Waals surface area contributed by atoms with Crippen molar-refractivity contribution in [1.29, 1.82) is 0 Å². The maximum absolute atomic E-state index is 13.8. The summed E-state index contributed by atoms with van der Waals surface area (Å²) in [5, 5.41) is 3.10. The summed E-state index contributed by atoms with van der Waals surface area (Å²) in [6, 6.07) is 1.66. The van der Waals surface area contributed by atoms with E-state index >= 15 is 0 Å². The van der Waals surface area contributed by atoms with Crippen molar-refractivity contribution in [3.8, 4) is 0 Å². The number of hydrogen-bond donors (Lipinski definition) is 1. The number of benzene rings is 1. The molecule has 8 heteroatoms. The van der Waals surface area contributed by atoms with Crippen LogP contribution < -0.4 is 5.32 Å². The van der Waals surface area contributed by atoms with Gasteiger partial charge in [0.2, 0.25) is 10.0 Å². The Kier molecular flexibility index (Phi) is 5.48. The minimum absolute atomic E-state index is 0. The molecule has 1 atom stereocenters. The Bertz CT molecular complexity index is 595. The first-order chi connectivity index (χ1) is 8.82. The van der Waals surface area contributed by atoms with Crippen molar-refractivity contribution in [2.45, 2.75) is 24.8 Å². The molecule has 0 bridgehead atoms. The second-order valence-corrected chi connectivity index (χ2v) is 6.66. The molecule has 1 aromatic carbocycles. The standard InChI is InChI=1S/C12H16F2N2O2S.ClH/c1-8-5-11(14)12(6-10(8)13)19(17,18)16-4-3-15-9(2)7-16;/h5-6,9,15H,3-4,7H2,1-2H3;1H.